The molecule has 19 heavy (non-hydrogen) atoms. The number of aromatic nitrogens is 4. The van der Waals surface area contributed by atoms with E-state index in [1.807, 2.05) is 18.5 Å². The Bertz CT molecular complexity index is 560. The molecule has 1 aliphatic heterocycles. The standard InChI is InChI=1S/C11H14N6OS/c1-16(8-2-4-12-6-8)11(18)10-9(3-5-19-10)17-7-13-14-15-17/h3,5,7-8,12H,2,4,6H2,1H3. The van der Waals surface area contributed by atoms with E-state index in [0.717, 1.165) is 25.2 Å². The van der Waals surface area contributed by atoms with Crippen LogP contribution in [0, 0.1) is 0 Å². The van der Waals surface area contributed by atoms with Crippen molar-refractivity contribution in [1.82, 2.24) is 30.4 Å². The third-order valence-electron chi connectivity index (χ3n) is 3.34. The molecule has 3 rings (SSSR count). The zero-order chi connectivity index (χ0) is 13.2. The van der Waals surface area contributed by atoms with Crippen LogP contribution < -0.4 is 5.32 Å². The molecule has 0 aliphatic carbocycles. The van der Waals surface area contributed by atoms with Crippen LogP contribution in [-0.2, 0) is 0 Å². The van der Waals surface area contributed by atoms with Crippen molar-refractivity contribution < 1.29 is 4.79 Å². The molecular formula is C11H14N6OS. The van der Waals surface area contributed by atoms with Crippen molar-refractivity contribution in [2.45, 2.75) is 12.5 Å². The molecule has 1 aliphatic rings. The molecule has 0 saturated carbocycles. The topological polar surface area (TPSA) is 75.9 Å². The molecule has 0 radical (unpaired) electrons. The van der Waals surface area contributed by atoms with Gasteiger partial charge < -0.3 is 10.2 Å². The number of hydrogen-bond acceptors (Lipinski definition) is 6. The fourth-order valence-corrected chi connectivity index (χ4v) is 3.07. The smallest absolute Gasteiger partial charge is 0.266 e. The normalized spacial score (nSPS) is 18.7. The molecule has 2 aromatic heterocycles. The number of carbonyl (C=O) groups is 1. The van der Waals surface area contributed by atoms with Gasteiger partial charge in [0.2, 0.25) is 0 Å². The van der Waals surface area contributed by atoms with Gasteiger partial charge in [0.1, 0.15) is 11.2 Å². The molecule has 1 N–H and O–H groups in total. The average molecular weight is 278 g/mol. The predicted molar refractivity (Wildman–Crippen MR) is 70.4 cm³/mol. The van der Waals surface area contributed by atoms with Crippen molar-refractivity contribution in [3.05, 3.63) is 22.7 Å². The summed E-state index contributed by atoms with van der Waals surface area (Å²) in [6.07, 6.45) is 2.49. The molecule has 3 heterocycles. The fourth-order valence-electron chi connectivity index (χ4n) is 2.21. The van der Waals surface area contributed by atoms with Crippen molar-refractivity contribution in [1.29, 1.82) is 0 Å². The van der Waals surface area contributed by atoms with Crippen LogP contribution in [0.25, 0.3) is 5.69 Å². The summed E-state index contributed by atoms with van der Waals surface area (Å²) in [5.74, 6) is 0.0224. The summed E-state index contributed by atoms with van der Waals surface area (Å²) < 4.78 is 1.52. The van der Waals surface area contributed by atoms with Gasteiger partial charge in [-0.1, -0.05) is 0 Å². The number of thiophene rings is 1. The van der Waals surface area contributed by atoms with Gasteiger partial charge in [0.15, 0.2) is 0 Å². The second kappa shape index (κ2) is 5.06. The second-order valence-electron chi connectivity index (χ2n) is 4.45. The molecule has 1 amide bonds. The number of hydrogen-bond donors (Lipinski definition) is 1. The van der Waals surface area contributed by atoms with Crippen molar-refractivity contribution in [3.63, 3.8) is 0 Å². The summed E-state index contributed by atoms with van der Waals surface area (Å²) in [5.41, 5.74) is 0.734. The first kappa shape index (κ1) is 12.2. The van der Waals surface area contributed by atoms with Gasteiger partial charge in [-0.15, -0.1) is 16.4 Å². The third kappa shape index (κ3) is 2.24. The van der Waals surface area contributed by atoms with E-state index in [1.54, 1.807) is 4.90 Å². The highest BCUT2D eigenvalue weighted by atomic mass is 32.1. The Morgan fingerprint density at radius 2 is 2.53 bits per heavy atom. The lowest BCUT2D eigenvalue weighted by molar-refractivity contribution is 0.0748. The zero-order valence-electron chi connectivity index (χ0n) is 10.5. The molecule has 8 heteroatoms. The number of likely N-dealkylation sites (N-methyl/N-ethyl adjacent to an activating group) is 1. The van der Waals surface area contributed by atoms with Crippen LogP contribution in [0.3, 0.4) is 0 Å². The maximum absolute atomic E-state index is 12.5. The molecule has 2 aromatic rings. The molecule has 0 aromatic carbocycles. The second-order valence-corrected chi connectivity index (χ2v) is 5.37. The van der Waals surface area contributed by atoms with Gasteiger partial charge in [-0.05, 0) is 34.8 Å². The molecule has 1 unspecified atom stereocenters. The minimum Gasteiger partial charge on any atom is -0.337 e. The van der Waals surface area contributed by atoms with Gasteiger partial charge in [0, 0.05) is 19.6 Å². The van der Waals surface area contributed by atoms with E-state index in [2.05, 4.69) is 20.8 Å². The van der Waals surface area contributed by atoms with E-state index < -0.39 is 0 Å². The predicted octanol–water partition coefficient (Wildman–Crippen LogP) is 0.158. The molecular weight excluding hydrogens is 264 g/mol. The fraction of sp³-hybridized carbons (Fsp3) is 0.455. The van der Waals surface area contributed by atoms with E-state index in [9.17, 15) is 4.79 Å². The number of nitrogens with one attached hydrogen (secondary N) is 1. The van der Waals surface area contributed by atoms with Gasteiger partial charge in [0.25, 0.3) is 5.91 Å². The first-order valence-corrected chi connectivity index (χ1v) is 6.94. The van der Waals surface area contributed by atoms with Crippen LogP contribution in [0.15, 0.2) is 17.8 Å². The summed E-state index contributed by atoms with van der Waals surface area (Å²) in [6.45, 7) is 1.82. The molecule has 1 atom stereocenters. The van der Waals surface area contributed by atoms with Crippen LogP contribution in [0.5, 0.6) is 0 Å². The van der Waals surface area contributed by atoms with E-state index >= 15 is 0 Å². The monoisotopic (exact) mass is 278 g/mol. The van der Waals surface area contributed by atoms with Crippen molar-refractivity contribution in [2.75, 3.05) is 20.1 Å². The van der Waals surface area contributed by atoms with Gasteiger partial charge in [-0.2, -0.15) is 4.68 Å². The molecule has 1 fully saturated rings. The SMILES string of the molecule is CN(C(=O)c1sccc1-n1cnnn1)C1CCNC1. The highest BCUT2D eigenvalue weighted by Crippen LogP contribution is 2.23. The third-order valence-corrected chi connectivity index (χ3v) is 4.23. The van der Waals surface area contributed by atoms with Crippen LogP contribution in [0.2, 0.25) is 0 Å². The Balaban J connectivity index is 1.86. The van der Waals surface area contributed by atoms with Crippen LogP contribution in [-0.4, -0.2) is 57.2 Å². The zero-order valence-corrected chi connectivity index (χ0v) is 11.3. The van der Waals surface area contributed by atoms with Gasteiger partial charge >= 0.3 is 0 Å². The maximum Gasteiger partial charge on any atom is 0.266 e. The van der Waals surface area contributed by atoms with Crippen LogP contribution in [0.1, 0.15) is 16.1 Å². The van der Waals surface area contributed by atoms with E-state index in [-0.39, 0.29) is 11.9 Å². The largest absolute Gasteiger partial charge is 0.337 e. The lowest BCUT2D eigenvalue weighted by Gasteiger charge is -2.23. The lowest BCUT2D eigenvalue weighted by Crippen LogP contribution is -2.38. The van der Waals surface area contributed by atoms with Crippen molar-refractivity contribution in [3.8, 4) is 5.69 Å². The summed E-state index contributed by atoms with van der Waals surface area (Å²) in [4.78, 5) is 15.0. The maximum atomic E-state index is 12.5. The Kier molecular flexibility index (Phi) is 3.26. The number of rotatable bonds is 3. The quantitative estimate of drug-likeness (QED) is 0.865. The lowest BCUT2D eigenvalue weighted by atomic mass is 10.2. The Morgan fingerprint density at radius 1 is 1.63 bits per heavy atom. The molecule has 1 saturated heterocycles. The van der Waals surface area contributed by atoms with Crippen molar-refractivity contribution in [2.24, 2.45) is 0 Å². The molecule has 0 spiro atoms. The van der Waals surface area contributed by atoms with Gasteiger partial charge in [-0.3, -0.25) is 4.79 Å². The summed E-state index contributed by atoms with van der Waals surface area (Å²) >= 11 is 1.42. The Morgan fingerprint density at radius 3 is 3.21 bits per heavy atom. The van der Waals surface area contributed by atoms with Gasteiger partial charge in [0.05, 0.1) is 5.69 Å². The van der Waals surface area contributed by atoms with E-state index in [0.29, 0.717) is 4.88 Å². The van der Waals surface area contributed by atoms with Crippen molar-refractivity contribution >= 4 is 17.2 Å². The van der Waals surface area contributed by atoms with Crippen LogP contribution >= 0.6 is 11.3 Å². The van der Waals surface area contributed by atoms with Gasteiger partial charge in [-0.25, -0.2) is 0 Å². The Labute approximate surface area is 114 Å². The highest BCUT2D eigenvalue weighted by Gasteiger charge is 2.26. The van der Waals surface area contributed by atoms with E-state index in [1.165, 1.54) is 22.3 Å². The first-order valence-electron chi connectivity index (χ1n) is 6.06. The minimum atomic E-state index is 0.0224. The minimum absolute atomic E-state index is 0.0224. The number of nitrogens with zero attached hydrogens (tertiary/aromatic N) is 5. The average Bonchev–Trinajstić information content (AvgIpc) is 3.15. The first-order chi connectivity index (χ1) is 9.27. The number of carbonyl (C=O) groups excluding carboxylic acids is 1. The number of tetrazole rings is 1. The van der Waals surface area contributed by atoms with Crippen LogP contribution in [0.4, 0.5) is 0 Å². The molecule has 100 valence electrons. The Hall–Kier alpha value is -1.80. The summed E-state index contributed by atoms with van der Waals surface area (Å²) in [6, 6.07) is 2.12. The highest BCUT2D eigenvalue weighted by molar-refractivity contribution is 7.12. The van der Waals surface area contributed by atoms with E-state index in [4.69, 9.17) is 0 Å². The summed E-state index contributed by atoms with van der Waals surface area (Å²) in [7, 11) is 1.85. The summed E-state index contributed by atoms with van der Waals surface area (Å²) in [5, 5.41) is 16.2. The molecule has 0 bridgehead atoms. The molecule has 7 nitrogen and oxygen atoms in total. The number of amides is 1.